The molecule has 0 fully saturated rings. The van der Waals surface area contributed by atoms with Gasteiger partial charge < -0.3 is 18.6 Å². The van der Waals surface area contributed by atoms with Crippen LogP contribution in [-0.4, -0.2) is 27.3 Å². The standard InChI is InChI=1S/C18H22O5/c1-5-6-7-12-10-15(20-2)14-11-13(8-9-16(19)21-3)23-18(14)17(12)22-4/h8-11H,5-7H2,1-4H3/b9-8+. The molecule has 1 heterocycles. The zero-order valence-corrected chi connectivity index (χ0v) is 14.0. The van der Waals surface area contributed by atoms with Crippen LogP contribution in [0, 0.1) is 0 Å². The maximum atomic E-state index is 11.2. The Balaban J connectivity index is 2.53. The minimum atomic E-state index is -0.437. The van der Waals surface area contributed by atoms with E-state index in [0.717, 1.165) is 36.0 Å². The average molecular weight is 318 g/mol. The van der Waals surface area contributed by atoms with Crippen molar-refractivity contribution in [2.75, 3.05) is 21.3 Å². The molecule has 0 atom stereocenters. The highest BCUT2D eigenvalue weighted by Crippen LogP contribution is 2.39. The van der Waals surface area contributed by atoms with Crippen LogP contribution in [0.15, 0.2) is 22.6 Å². The van der Waals surface area contributed by atoms with Gasteiger partial charge in [-0.05, 0) is 31.1 Å². The maximum absolute atomic E-state index is 11.2. The molecule has 2 aromatic rings. The fourth-order valence-corrected chi connectivity index (χ4v) is 2.46. The molecule has 0 N–H and O–H groups in total. The summed E-state index contributed by atoms with van der Waals surface area (Å²) in [5.74, 6) is 1.54. The van der Waals surface area contributed by atoms with Crippen LogP contribution >= 0.6 is 0 Å². The summed E-state index contributed by atoms with van der Waals surface area (Å²) in [7, 11) is 4.59. The van der Waals surface area contributed by atoms with Crippen LogP contribution < -0.4 is 9.47 Å². The number of hydrogen-bond donors (Lipinski definition) is 0. The van der Waals surface area contributed by atoms with Crippen molar-refractivity contribution < 1.29 is 23.4 Å². The lowest BCUT2D eigenvalue weighted by Gasteiger charge is -2.11. The van der Waals surface area contributed by atoms with Gasteiger partial charge in [0.05, 0.1) is 26.7 Å². The van der Waals surface area contributed by atoms with Gasteiger partial charge in [0.25, 0.3) is 0 Å². The van der Waals surface area contributed by atoms with Gasteiger partial charge in [-0.25, -0.2) is 4.79 Å². The second-order valence-corrected chi connectivity index (χ2v) is 5.12. The van der Waals surface area contributed by atoms with Crippen LogP contribution in [0.5, 0.6) is 11.5 Å². The molecule has 0 unspecified atom stereocenters. The summed E-state index contributed by atoms with van der Waals surface area (Å²) >= 11 is 0. The predicted octanol–water partition coefficient (Wildman–Crippen LogP) is 3.98. The second-order valence-electron chi connectivity index (χ2n) is 5.12. The molecule has 5 nitrogen and oxygen atoms in total. The van der Waals surface area contributed by atoms with E-state index in [-0.39, 0.29) is 0 Å². The summed E-state index contributed by atoms with van der Waals surface area (Å²) in [5.41, 5.74) is 1.68. The molecule has 0 bridgehead atoms. The lowest BCUT2D eigenvalue weighted by atomic mass is 10.0. The first kappa shape index (κ1) is 16.9. The summed E-state index contributed by atoms with van der Waals surface area (Å²) in [6, 6.07) is 3.81. The zero-order valence-electron chi connectivity index (χ0n) is 14.0. The summed E-state index contributed by atoms with van der Waals surface area (Å²) in [4.78, 5) is 11.2. The molecule has 124 valence electrons. The molecule has 0 saturated carbocycles. The van der Waals surface area contributed by atoms with Crippen molar-refractivity contribution in [1.82, 2.24) is 0 Å². The molecule has 5 heteroatoms. The van der Waals surface area contributed by atoms with Crippen molar-refractivity contribution in [2.45, 2.75) is 26.2 Å². The van der Waals surface area contributed by atoms with Crippen molar-refractivity contribution in [1.29, 1.82) is 0 Å². The number of benzene rings is 1. The van der Waals surface area contributed by atoms with Gasteiger partial charge in [0.15, 0.2) is 11.3 Å². The number of ether oxygens (including phenoxy) is 3. The number of hydrogen-bond acceptors (Lipinski definition) is 5. The third-order valence-electron chi connectivity index (χ3n) is 3.63. The van der Waals surface area contributed by atoms with Crippen LogP contribution in [-0.2, 0) is 16.0 Å². The SMILES string of the molecule is CCCCc1cc(OC)c2cc(/C=C/C(=O)OC)oc2c1OC. The molecule has 0 radical (unpaired) electrons. The highest BCUT2D eigenvalue weighted by atomic mass is 16.5. The number of carbonyl (C=O) groups excluding carboxylic acids is 1. The number of rotatable bonds is 7. The van der Waals surface area contributed by atoms with Gasteiger partial charge in [0.1, 0.15) is 11.5 Å². The minimum Gasteiger partial charge on any atom is -0.496 e. The molecular formula is C18H22O5. The summed E-state index contributed by atoms with van der Waals surface area (Å²) in [6.45, 7) is 2.14. The lowest BCUT2D eigenvalue weighted by molar-refractivity contribution is -0.134. The van der Waals surface area contributed by atoms with Gasteiger partial charge in [0.2, 0.25) is 0 Å². The Hall–Kier alpha value is -2.43. The lowest BCUT2D eigenvalue weighted by Crippen LogP contribution is -1.95. The number of methoxy groups -OCH3 is 3. The third-order valence-corrected chi connectivity index (χ3v) is 3.63. The molecule has 0 aliphatic carbocycles. The first-order valence-electron chi connectivity index (χ1n) is 7.58. The smallest absolute Gasteiger partial charge is 0.330 e. The van der Waals surface area contributed by atoms with Crippen LogP contribution in [0.1, 0.15) is 31.1 Å². The second kappa shape index (κ2) is 7.72. The van der Waals surface area contributed by atoms with E-state index >= 15 is 0 Å². The molecule has 0 saturated heterocycles. The van der Waals surface area contributed by atoms with Gasteiger partial charge in [-0.3, -0.25) is 0 Å². The fourth-order valence-electron chi connectivity index (χ4n) is 2.46. The molecule has 0 amide bonds. The molecule has 0 spiro atoms. The topological polar surface area (TPSA) is 57.9 Å². The molecule has 0 aliphatic heterocycles. The van der Waals surface area contributed by atoms with E-state index in [4.69, 9.17) is 13.9 Å². The van der Waals surface area contributed by atoms with E-state index in [1.54, 1.807) is 20.3 Å². The highest BCUT2D eigenvalue weighted by molar-refractivity contribution is 5.93. The number of esters is 1. The van der Waals surface area contributed by atoms with E-state index in [0.29, 0.717) is 17.1 Å². The zero-order chi connectivity index (χ0) is 16.8. The van der Waals surface area contributed by atoms with E-state index < -0.39 is 5.97 Å². The Labute approximate surface area is 135 Å². The van der Waals surface area contributed by atoms with Gasteiger partial charge >= 0.3 is 5.97 Å². The van der Waals surface area contributed by atoms with Crippen LogP contribution in [0.2, 0.25) is 0 Å². The predicted molar refractivity (Wildman–Crippen MR) is 89.0 cm³/mol. The van der Waals surface area contributed by atoms with E-state index in [1.807, 2.05) is 12.1 Å². The van der Waals surface area contributed by atoms with Crippen molar-refractivity contribution in [2.24, 2.45) is 0 Å². The van der Waals surface area contributed by atoms with Crippen LogP contribution in [0.3, 0.4) is 0 Å². The summed E-state index contributed by atoms with van der Waals surface area (Å²) in [5, 5.41) is 0.814. The Morgan fingerprint density at radius 2 is 2.00 bits per heavy atom. The minimum absolute atomic E-state index is 0.437. The van der Waals surface area contributed by atoms with Crippen molar-refractivity contribution >= 4 is 23.0 Å². The Morgan fingerprint density at radius 1 is 1.22 bits per heavy atom. The van der Waals surface area contributed by atoms with Gasteiger partial charge in [-0.2, -0.15) is 0 Å². The number of carbonyl (C=O) groups is 1. The summed E-state index contributed by atoms with van der Waals surface area (Å²) < 4.78 is 21.5. The van der Waals surface area contributed by atoms with Gasteiger partial charge in [-0.15, -0.1) is 0 Å². The molecular weight excluding hydrogens is 296 g/mol. The third kappa shape index (κ3) is 3.67. The maximum Gasteiger partial charge on any atom is 0.330 e. The number of unbranched alkanes of at least 4 members (excludes halogenated alkanes) is 1. The number of fused-ring (bicyclic) bond motifs is 1. The fraction of sp³-hybridized carbons (Fsp3) is 0.389. The first-order chi connectivity index (χ1) is 11.1. The molecule has 0 aliphatic rings. The van der Waals surface area contributed by atoms with E-state index in [1.165, 1.54) is 13.2 Å². The number of aryl methyl sites for hydroxylation is 1. The Kier molecular flexibility index (Phi) is 5.68. The van der Waals surface area contributed by atoms with Crippen LogP contribution in [0.4, 0.5) is 0 Å². The van der Waals surface area contributed by atoms with E-state index in [2.05, 4.69) is 11.7 Å². The van der Waals surface area contributed by atoms with Crippen LogP contribution in [0.25, 0.3) is 17.0 Å². The first-order valence-corrected chi connectivity index (χ1v) is 7.58. The Morgan fingerprint density at radius 3 is 2.61 bits per heavy atom. The van der Waals surface area contributed by atoms with Crippen molar-refractivity contribution in [3.8, 4) is 11.5 Å². The quantitative estimate of drug-likeness (QED) is 0.571. The van der Waals surface area contributed by atoms with E-state index in [9.17, 15) is 4.79 Å². The average Bonchev–Trinajstić information content (AvgIpc) is 3.00. The number of furan rings is 1. The van der Waals surface area contributed by atoms with Crippen molar-refractivity contribution in [3.63, 3.8) is 0 Å². The van der Waals surface area contributed by atoms with Crippen molar-refractivity contribution in [3.05, 3.63) is 29.5 Å². The largest absolute Gasteiger partial charge is 0.496 e. The molecule has 1 aromatic heterocycles. The molecule has 23 heavy (non-hydrogen) atoms. The monoisotopic (exact) mass is 318 g/mol. The highest BCUT2D eigenvalue weighted by Gasteiger charge is 2.17. The molecule has 2 rings (SSSR count). The normalized spacial score (nSPS) is 11.1. The van der Waals surface area contributed by atoms with Gasteiger partial charge in [0, 0.05) is 11.6 Å². The van der Waals surface area contributed by atoms with Gasteiger partial charge in [-0.1, -0.05) is 13.3 Å². The Bertz CT molecular complexity index is 712. The summed E-state index contributed by atoms with van der Waals surface area (Å²) in [6.07, 6.45) is 5.92. The molecule has 1 aromatic carbocycles.